The number of aromatic nitrogens is 4. The van der Waals surface area contributed by atoms with Crippen LogP contribution in [-0.4, -0.2) is 64.4 Å². The molecule has 0 saturated heterocycles. The molecule has 2 aliphatic carbocycles. The maximum Gasteiger partial charge on any atom is 0.214 e. The third kappa shape index (κ3) is 6.64. The first-order chi connectivity index (χ1) is 23.7. The molecule has 0 bridgehead atoms. The van der Waals surface area contributed by atoms with Crippen LogP contribution >= 0.6 is 0 Å². The van der Waals surface area contributed by atoms with E-state index in [1.54, 1.807) is 31.6 Å². The normalized spacial score (nSPS) is 13.6. The van der Waals surface area contributed by atoms with Gasteiger partial charge in [0, 0.05) is 41.3 Å². The van der Waals surface area contributed by atoms with Crippen molar-refractivity contribution in [2.75, 3.05) is 25.7 Å². The predicted molar refractivity (Wildman–Crippen MR) is 177 cm³/mol. The molecule has 0 saturated carbocycles. The van der Waals surface area contributed by atoms with Crippen molar-refractivity contribution in [3.8, 4) is 39.7 Å². The van der Waals surface area contributed by atoms with Gasteiger partial charge < -0.3 is 28.0 Å². The van der Waals surface area contributed by atoms with Gasteiger partial charge in [-0.25, -0.2) is 4.98 Å². The van der Waals surface area contributed by atoms with E-state index in [2.05, 4.69) is 15.3 Å². The van der Waals surface area contributed by atoms with Gasteiger partial charge in [-0.15, -0.1) is 0 Å². The van der Waals surface area contributed by atoms with E-state index in [4.69, 9.17) is 18.5 Å². The van der Waals surface area contributed by atoms with Crippen molar-refractivity contribution in [3.63, 3.8) is 0 Å². The summed E-state index contributed by atoms with van der Waals surface area (Å²) in [4.78, 5) is 52.0. The maximum absolute atomic E-state index is 11.9. The number of carbonyl (C=O) groups excluding carboxylic acids is 4. The number of aryl methyl sites for hydroxylation is 1. The lowest BCUT2D eigenvalue weighted by Crippen LogP contribution is -2.27. The Morgan fingerprint density at radius 1 is 0.878 bits per heavy atom. The summed E-state index contributed by atoms with van der Waals surface area (Å²) in [6, 6.07) is 11.0. The van der Waals surface area contributed by atoms with Gasteiger partial charge in [0.05, 0.1) is 44.2 Å². The summed E-state index contributed by atoms with van der Waals surface area (Å²) in [5.74, 6) is 1.75. The van der Waals surface area contributed by atoms with E-state index in [-0.39, 0.29) is 23.9 Å². The van der Waals surface area contributed by atoms with Crippen LogP contribution in [0.15, 0.2) is 58.0 Å². The fraction of sp³-hybridized carbons (Fsp3) is 0.306. The highest BCUT2D eigenvalue weighted by molar-refractivity contribution is 5.98. The molecule has 2 aromatic carbocycles. The number of anilines is 1. The van der Waals surface area contributed by atoms with Gasteiger partial charge in [0.25, 0.3) is 0 Å². The molecular weight excluding hydrogens is 630 g/mol. The third-order valence-corrected chi connectivity index (χ3v) is 8.47. The van der Waals surface area contributed by atoms with Crippen molar-refractivity contribution in [3.05, 3.63) is 77.3 Å². The molecule has 0 spiro atoms. The van der Waals surface area contributed by atoms with Crippen LogP contribution in [0.5, 0.6) is 11.5 Å². The van der Waals surface area contributed by atoms with E-state index in [1.165, 1.54) is 18.9 Å². The summed E-state index contributed by atoms with van der Waals surface area (Å²) in [6.45, 7) is 3.32. The number of Topliss-reactive ketones (excluding diaryl/α,β-unsaturated/α-hetero) is 3. The standard InChI is InChI=1S/C18H17N3O3.C18H18N2O5/c1-11-9-21(10-19-11)14-7-6-12(8-16(14)23-2)17-13-4-3-5-15(22)18(13)24-20-17;1-11(22)9-20(10-21)14-7-6-12(8-16(14)24-2)17-13-4-3-5-15(23)18(13)25-19-17/h6-10H,3-5H2,1-2H3;6-8,10H,3-5,9H2,1-2H3. The first kappa shape index (κ1) is 33.1. The van der Waals surface area contributed by atoms with E-state index >= 15 is 0 Å². The van der Waals surface area contributed by atoms with Gasteiger partial charge in [0.2, 0.25) is 29.5 Å². The lowest BCUT2D eigenvalue weighted by Gasteiger charge is -2.19. The highest BCUT2D eigenvalue weighted by Gasteiger charge is 2.28. The number of rotatable bonds is 9. The molecule has 13 heteroatoms. The van der Waals surface area contributed by atoms with Gasteiger partial charge in [-0.1, -0.05) is 22.4 Å². The smallest absolute Gasteiger partial charge is 0.214 e. The largest absolute Gasteiger partial charge is 0.495 e. The molecule has 7 rings (SSSR count). The van der Waals surface area contributed by atoms with Crippen molar-refractivity contribution < 1.29 is 37.7 Å². The fourth-order valence-electron chi connectivity index (χ4n) is 6.13. The Morgan fingerprint density at radius 2 is 1.45 bits per heavy atom. The molecule has 1 amide bonds. The summed E-state index contributed by atoms with van der Waals surface area (Å²) < 4.78 is 23.3. The van der Waals surface area contributed by atoms with Crippen molar-refractivity contribution in [2.24, 2.45) is 0 Å². The zero-order chi connectivity index (χ0) is 34.7. The number of imidazole rings is 1. The van der Waals surface area contributed by atoms with Crippen LogP contribution < -0.4 is 14.4 Å². The Labute approximate surface area is 281 Å². The van der Waals surface area contributed by atoms with E-state index < -0.39 is 0 Å². The highest BCUT2D eigenvalue weighted by Crippen LogP contribution is 2.37. The highest BCUT2D eigenvalue weighted by atomic mass is 16.5. The molecular formula is C36H35N5O8. The van der Waals surface area contributed by atoms with Crippen LogP contribution in [0.3, 0.4) is 0 Å². The molecule has 0 unspecified atom stereocenters. The van der Waals surface area contributed by atoms with E-state index in [9.17, 15) is 19.2 Å². The number of ether oxygens (including phenoxy) is 2. The molecule has 49 heavy (non-hydrogen) atoms. The molecule has 0 radical (unpaired) electrons. The number of hydrogen-bond donors (Lipinski definition) is 0. The minimum absolute atomic E-state index is 0.0304. The first-order valence-electron chi connectivity index (χ1n) is 15.8. The molecule has 0 aliphatic heterocycles. The van der Waals surface area contributed by atoms with Crippen LogP contribution in [-0.2, 0) is 22.4 Å². The number of fused-ring (bicyclic) bond motifs is 2. The average Bonchev–Trinajstić information content (AvgIpc) is 3.86. The molecule has 0 fully saturated rings. The number of nitrogens with zero attached hydrogens (tertiary/aromatic N) is 5. The van der Waals surface area contributed by atoms with E-state index in [0.717, 1.165) is 65.0 Å². The summed E-state index contributed by atoms with van der Waals surface area (Å²) in [5.41, 5.74) is 6.98. The zero-order valence-corrected chi connectivity index (χ0v) is 27.6. The SMILES string of the molecule is COc1cc(-c2noc3c2CCCC3=O)ccc1-n1cnc(C)c1.COc1cc(-c2noc3c2CCCC3=O)ccc1N(C=O)CC(C)=O. The molecule has 13 nitrogen and oxygen atoms in total. The van der Waals surface area contributed by atoms with Crippen molar-refractivity contribution >= 4 is 29.4 Å². The molecule has 0 N–H and O–H groups in total. The van der Waals surface area contributed by atoms with Gasteiger partial charge >= 0.3 is 0 Å². The monoisotopic (exact) mass is 665 g/mol. The second-order valence-electron chi connectivity index (χ2n) is 11.9. The number of methoxy groups -OCH3 is 2. The summed E-state index contributed by atoms with van der Waals surface area (Å²) in [6.07, 6.45) is 8.44. The molecule has 3 aromatic heterocycles. The lowest BCUT2D eigenvalue weighted by molar-refractivity contribution is -0.117. The predicted octanol–water partition coefficient (Wildman–Crippen LogP) is 5.78. The second kappa shape index (κ2) is 14.1. The Balaban J connectivity index is 0.000000170. The minimum Gasteiger partial charge on any atom is -0.495 e. The van der Waals surface area contributed by atoms with Crippen LogP contribution in [0, 0.1) is 6.92 Å². The van der Waals surface area contributed by atoms with Crippen LogP contribution in [0.4, 0.5) is 5.69 Å². The van der Waals surface area contributed by atoms with Gasteiger partial charge in [0.15, 0.2) is 0 Å². The van der Waals surface area contributed by atoms with Crippen molar-refractivity contribution in [2.45, 2.75) is 52.4 Å². The van der Waals surface area contributed by atoms with Crippen LogP contribution in [0.25, 0.3) is 28.2 Å². The van der Waals surface area contributed by atoms with E-state index in [0.29, 0.717) is 53.7 Å². The second-order valence-corrected chi connectivity index (χ2v) is 11.9. The Kier molecular flexibility index (Phi) is 9.51. The number of carbonyl (C=O) groups is 4. The molecule has 3 heterocycles. The van der Waals surface area contributed by atoms with Crippen molar-refractivity contribution in [1.29, 1.82) is 0 Å². The topological polar surface area (TPSA) is 160 Å². The fourth-order valence-corrected chi connectivity index (χ4v) is 6.13. The van der Waals surface area contributed by atoms with Gasteiger partial charge in [-0.05, 0) is 63.8 Å². The van der Waals surface area contributed by atoms with Gasteiger partial charge in [0.1, 0.15) is 28.7 Å². The molecule has 252 valence electrons. The van der Waals surface area contributed by atoms with Gasteiger partial charge in [-0.2, -0.15) is 0 Å². The number of benzene rings is 2. The van der Waals surface area contributed by atoms with Gasteiger partial charge in [-0.3, -0.25) is 19.2 Å². The number of amides is 1. The summed E-state index contributed by atoms with van der Waals surface area (Å²) >= 11 is 0. The zero-order valence-electron chi connectivity index (χ0n) is 27.6. The Morgan fingerprint density at radius 3 is 1.96 bits per heavy atom. The molecule has 2 aliphatic rings. The first-order valence-corrected chi connectivity index (χ1v) is 15.8. The van der Waals surface area contributed by atoms with Crippen LogP contribution in [0.1, 0.15) is 70.5 Å². The molecule has 5 aromatic rings. The number of hydrogen-bond acceptors (Lipinski definition) is 11. The Bertz CT molecular complexity index is 2060. The summed E-state index contributed by atoms with van der Waals surface area (Å²) in [7, 11) is 3.12. The number of ketones is 3. The quantitative estimate of drug-likeness (QED) is 0.176. The Hall–Kier alpha value is -5.85. The molecule has 0 atom stereocenters. The summed E-state index contributed by atoms with van der Waals surface area (Å²) in [5, 5.41) is 8.18. The average molecular weight is 666 g/mol. The van der Waals surface area contributed by atoms with Crippen molar-refractivity contribution in [1.82, 2.24) is 19.9 Å². The minimum atomic E-state index is -0.137. The third-order valence-electron chi connectivity index (χ3n) is 8.47. The maximum atomic E-state index is 11.9. The lowest BCUT2D eigenvalue weighted by atomic mass is 9.93. The van der Waals surface area contributed by atoms with Crippen LogP contribution in [0.2, 0.25) is 0 Å². The van der Waals surface area contributed by atoms with E-state index in [1.807, 2.05) is 35.9 Å².